The second kappa shape index (κ2) is 11.0. The van der Waals surface area contributed by atoms with Gasteiger partial charge in [-0.2, -0.15) is 0 Å². The van der Waals surface area contributed by atoms with Gasteiger partial charge >= 0.3 is 0 Å². The Morgan fingerprint density at radius 3 is 2.32 bits per heavy atom. The summed E-state index contributed by atoms with van der Waals surface area (Å²) in [6, 6.07) is 15.1. The fourth-order valence-corrected chi connectivity index (χ4v) is 4.12. The van der Waals surface area contributed by atoms with Crippen molar-refractivity contribution in [3.05, 3.63) is 53.6 Å². The largest absolute Gasteiger partial charge is 0.383 e. The molecule has 0 fully saturated rings. The van der Waals surface area contributed by atoms with Crippen LogP contribution < -0.4 is 5.32 Å². The number of para-hydroxylation sites is 1. The van der Waals surface area contributed by atoms with Gasteiger partial charge in [-0.3, -0.25) is 4.90 Å². The van der Waals surface area contributed by atoms with Crippen molar-refractivity contribution in [3.8, 4) is 0 Å². The molecule has 2 rings (SSSR count). The van der Waals surface area contributed by atoms with Crippen LogP contribution in [-0.2, 0) is 0 Å². The number of aryl methyl sites for hydroxylation is 2. The molecule has 0 radical (unpaired) electrons. The van der Waals surface area contributed by atoms with Gasteiger partial charge in [-0.1, -0.05) is 41.6 Å². The average molecular weight is 397 g/mol. The minimum absolute atomic E-state index is 0.635. The normalized spacial score (nSPS) is 11.1. The van der Waals surface area contributed by atoms with E-state index in [1.165, 1.54) is 26.6 Å². The topological polar surface area (TPSA) is 15.3 Å². The van der Waals surface area contributed by atoms with Gasteiger partial charge in [0.25, 0.3) is 0 Å². The number of halogens is 2. The van der Waals surface area contributed by atoms with Crippen molar-refractivity contribution in [2.24, 2.45) is 0 Å². The fourth-order valence-electron chi connectivity index (χ4n) is 2.66. The predicted molar refractivity (Wildman–Crippen MR) is 113 cm³/mol. The Hall–Kier alpha value is -0.870. The molecule has 0 amide bonds. The predicted octanol–water partition coefficient (Wildman–Crippen LogP) is 5.65. The summed E-state index contributed by atoms with van der Waals surface area (Å²) in [5.41, 5.74) is 3.78. The van der Waals surface area contributed by atoms with Crippen LogP contribution in [0.15, 0.2) is 52.3 Å². The van der Waals surface area contributed by atoms with E-state index in [0.29, 0.717) is 11.8 Å². The lowest BCUT2D eigenvalue weighted by molar-refractivity contribution is 0.319. The molecule has 0 unspecified atom stereocenters. The number of rotatable bonds is 10. The lowest BCUT2D eigenvalue weighted by Crippen LogP contribution is -2.32. The molecular formula is C20H26Cl2N2S. The standard InChI is InChI=1S/C20H26Cl2N2S/c1-16-7-8-19(17(2)15-16)25-20-6-4-3-5-18(20)23-11-14-24(12-9-21)13-10-22/h3-8,15,23H,9-14H2,1-2H3. The molecule has 0 aliphatic heterocycles. The molecule has 0 spiro atoms. The smallest absolute Gasteiger partial charge is 0.0482 e. The van der Waals surface area contributed by atoms with Gasteiger partial charge in [0.15, 0.2) is 0 Å². The zero-order valence-electron chi connectivity index (χ0n) is 14.9. The van der Waals surface area contributed by atoms with Crippen molar-refractivity contribution in [3.63, 3.8) is 0 Å². The average Bonchev–Trinajstić information content (AvgIpc) is 2.59. The highest BCUT2D eigenvalue weighted by Gasteiger charge is 2.07. The Labute approximate surface area is 165 Å². The summed E-state index contributed by atoms with van der Waals surface area (Å²) in [7, 11) is 0. The molecule has 0 aliphatic rings. The molecule has 0 heterocycles. The zero-order valence-corrected chi connectivity index (χ0v) is 17.2. The molecule has 1 N–H and O–H groups in total. The molecule has 25 heavy (non-hydrogen) atoms. The molecular weight excluding hydrogens is 371 g/mol. The van der Waals surface area contributed by atoms with Crippen LogP contribution in [-0.4, -0.2) is 42.8 Å². The van der Waals surface area contributed by atoms with Crippen molar-refractivity contribution in [2.45, 2.75) is 23.6 Å². The number of nitrogens with one attached hydrogen (secondary N) is 1. The molecule has 0 aromatic heterocycles. The van der Waals surface area contributed by atoms with E-state index in [0.717, 1.165) is 26.2 Å². The van der Waals surface area contributed by atoms with E-state index in [4.69, 9.17) is 23.2 Å². The molecule has 0 aliphatic carbocycles. The van der Waals surface area contributed by atoms with Crippen LogP contribution in [0.5, 0.6) is 0 Å². The molecule has 2 aromatic carbocycles. The van der Waals surface area contributed by atoms with Crippen molar-refractivity contribution >= 4 is 40.7 Å². The summed E-state index contributed by atoms with van der Waals surface area (Å²) in [6.45, 7) is 7.84. The van der Waals surface area contributed by atoms with E-state index >= 15 is 0 Å². The molecule has 0 saturated heterocycles. The highest BCUT2D eigenvalue weighted by molar-refractivity contribution is 7.99. The van der Waals surface area contributed by atoms with Crippen LogP contribution >= 0.6 is 35.0 Å². The maximum absolute atomic E-state index is 5.86. The van der Waals surface area contributed by atoms with E-state index in [9.17, 15) is 0 Å². The minimum atomic E-state index is 0.635. The maximum atomic E-state index is 5.86. The van der Waals surface area contributed by atoms with E-state index < -0.39 is 0 Å². The van der Waals surface area contributed by atoms with E-state index in [-0.39, 0.29) is 0 Å². The van der Waals surface area contributed by atoms with E-state index in [1.807, 2.05) is 11.8 Å². The van der Waals surface area contributed by atoms with Gasteiger partial charge in [0, 0.05) is 53.4 Å². The van der Waals surface area contributed by atoms with Gasteiger partial charge in [0.2, 0.25) is 0 Å². The second-order valence-electron chi connectivity index (χ2n) is 6.01. The third-order valence-electron chi connectivity index (χ3n) is 3.98. The number of hydrogen-bond donors (Lipinski definition) is 1. The first-order chi connectivity index (χ1) is 12.1. The SMILES string of the molecule is Cc1ccc(Sc2ccccc2NCCN(CCCl)CCCl)c(C)c1. The minimum Gasteiger partial charge on any atom is -0.383 e. The molecule has 136 valence electrons. The lowest BCUT2D eigenvalue weighted by Gasteiger charge is -2.21. The Morgan fingerprint density at radius 1 is 0.920 bits per heavy atom. The monoisotopic (exact) mass is 396 g/mol. The Balaban J connectivity index is 2.00. The first kappa shape index (κ1) is 20.4. The fraction of sp³-hybridized carbons (Fsp3) is 0.400. The second-order valence-corrected chi connectivity index (χ2v) is 7.85. The third kappa shape index (κ3) is 6.74. The van der Waals surface area contributed by atoms with Gasteiger partial charge in [0.05, 0.1) is 0 Å². The molecule has 5 heteroatoms. The quantitative estimate of drug-likeness (QED) is 0.522. The van der Waals surface area contributed by atoms with E-state index in [1.54, 1.807) is 0 Å². The highest BCUT2D eigenvalue weighted by atomic mass is 35.5. The van der Waals surface area contributed by atoms with Gasteiger partial charge < -0.3 is 5.32 Å². The van der Waals surface area contributed by atoms with Crippen molar-refractivity contribution < 1.29 is 0 Å². The third-order valence-corrected chi connectivity index (χ3v) is 5.57. The van der Waals surface area contributed by atoms with Crippen LogP contribution in [0.2, 0.25) is 0 Å². The van der Waals surface area contributed by atoms with Crippen LogP contribution in [0.1, 0.15) is 11.1 Å². The van der Waals surface area contributed by atoms with Crippen LogP contribution in [0, 0.1) is 13.8 Å². The Bertz CT molecular complexity index is 658. The zero-order chi connectivity index (χ0) is 18.1. The highest BCUT2D eigenvalue weighted by Crippen LogP contribution is 2.35. The van der Waals surface area contributed by atoms with Gasteiger partial charge in [-0.15, -0.1) is 23.2 Å². The van der Waals surface area contributed by atoms with Crippen LogP contribution in [0.25, 0.3) is 0 Å². The van der Waals surface area contributed by atoms with Crippen LogP contribution in [0.3, 0.4) is 0 Å². The van der Waals surface area contributed by atoms with Crippen molar-refractivity contribution in [2.75, 3.05) is 43.3 Å². The summed E-state index contributed by atoms with van der Waals surface area (Å²) in [4.78, 5) is 4.83. The Kier molecular flexibility index (Phi) is 8.97. The molecule has 0 bridgehead atoms. The van der Waals surface area contributed by atoms with Gasteiger partial charge in [-0.25, -0.2) is 0 Å². The summed E-state index contributed by atoms with van der Waals surface area (Å²) < 4.78 is 0. The lowest BCUT2D eigenvalue weighted by atomic mass is 10.2. The van der Waals surface area contributed by atoms with Gasteiger partial charge in [0.1, 0.15) is 0 Å². The summed E-state index contributed by atoms with van der Waals surface area (Å²) in [6.07, 6.45) is 0. The summed E-state index contributed by atoms with van der Waals surface area (Å²) >= 11 is 13.5. The summed E-state index contributed by atoms with van der Waals surface area (Å²) in [5, 5.41) is 3.56. The number of hydrogen-bond acceptors (Lipinski definition) is 3. The maximum Gasteiger partial charge on any atom is 0.0482 e. The van der Waals surface area contributed by atoms with Gasteiger partial charge in [-0.05, 0) is 37.6 Å². The number of anilines is 1. The molecule has 0 atom stereocenters. The van der Waals surface area contributed by atoms with Crippen LogP contribution in [0.4, 0.5) is 5.69 Å². The van der Waals surface area contributed by atoms with E-state index in [2.05, 4.69) is 66.5 Å². The number of alkyl halides is 2. The first-order valence-electron chi connectivity index (χ1n) is 8.56. The molecule has 0 saturated carbocycles. The van der Waals surface area contributed by atoms with Crippen molar-refractivity contribution in [1.29, 1.82) is 0 Å². The molecule has 2 aromatic rings. The molecule has 2 nitrogen and oxygen atoms in total. The van der Waals surface area contributed by atoms with Crippen molar-refractivity contribution in [1.82, 2.24) is 4.90 Å². The summed E-state index contributed by atoms with van der Waals surface area (Å²) in [5.74, 6) is 1.27. The Morgan fingerprint density at radius 2 is 1.64 bits per heavy atom. The first-order valence-corrected chi connectivity index (χ1v) is 10.4. The number of benzene rings is 2. The number of nitrogens with zero attached hydrogens (tertiary/aromatic N) is 1.